The van der Waals surface area contributed by atoms with Crippen LogP contribution in [-0.2, 0) is 16.4 Å². The van der Waals surface area contributed by atoms with E-state index in [1.807, 2.05) is 36.4 Å². The van der Waals surface area contributed by atoms with E-state index in [0.717, 1.165) is 47.5 Å². The van der Waals surface area contributed by atoms with E-state index in [9.17, 15) is 18.3 Å². The molecule has 1 amide bonds. The molecule has 0 spiro atoms. The molecule has 1 aromatic carbocycles. The van der Waals surface area contributed by atoms with E-state index >= 15 is 0 Å². The summed E-state index contributed by atoms with van der Waals surface area (Å²) in [5.74, 6) is 0.796. The number of nitrogens with zero attached hydrogens (tertiary/aromatic N) is 4. The largest absolute Gasteiger partial charge is 0.392 e. The summed E-state index contributed by atoms with van der Waals surface area (Å²) in [5.41, 5.74) is 3.79. The number of hydrogen-bond donors (Lipinski definition) is 2. The van der Waals surface area contributed by atoms with Gasteiger partial charge in [-0.25, -0.2) is 18.4 Å². The van der Waals surface area contributed by atoms with Crippen LogP contribution in [0.2, 0.25) is 0 Å². The highest BCUT2D eigenvalue weighted by molar-refractivity contribution is 7.90. The number of pyridine rings is 3. The Hall–Kier alpha value is -3.89. The van der Waals surface area contributed by atoms with Gasteiger partial charge in [-0.05, 0) is 72.9 Å². The highest BCUT2D eigenvalue weighted by Gasteiger charge is 2.31. The van der Waals surface area contributed by atoms with Crippen molar-refractivity contribution >= 4 is 32.5 Å². The fourth-order valence-corrected chi connectivity index (χ4v) is 5.88. The monoisotopic (exact) mass is 559 g/mol. The summed E-state index contributed by atoms with van der Waals surface area (Å²) >= 11 is 0. The molecule has 5 rings (SSSR count). The number of piperidine rings is 1. The number of nitrogens with one attached hydrogen (secondary N) is 1. The van der Waals surface area contributed by atoms with Crippen molar-refractivity contribution in [3.8, 4) is 11.4 Å². The summed E-state index contributed by atoms with van der Waals surface area (Å²) in [5, 5.41) is 14.0. The number of aliphatic hydroxyl groups is 1. The van der Waals surface area contributed by atoms with Crippen LogP contribution in [0.4, 0.5) is 5.82 Å². The van der Waals surface area contributed by atoms with Gasteiger partial charge in [0.25, 0.3) is 5.91 Å². The summed E-state index contributed by atoms with van der Waals surface area (Å²) in [6.07, 6.45) is 2.53. The first-order valence-electron chi connectivity index (χ1n) is 13.2. The van der Waals surface area contributed by atoms with Gasteiger partial charge in [0, 0.05) is 36.5 Å². The van der Waals surface area contributed by atoms with Crippen molar-refractivity contribution in [3.05, 3.63) is 77.6 Å². The van der Waals surface area contributed by atoms with Crippen molar-refractivity contribution in [2.45, 2.75) is 38.3 Å². The number of fused-ring (bicyclic) bond motifs is 1. The van der Waals surface area contributed by atoms with Gasteiger partial charge in [0.2, 0.25) is 0 Å². The Labute approximate surface area is 234 Å². The van der Waals surface area contributed by atoms with Gasteiger partial charge >= 0.3 is 0 Å². The lowest BCUT2D eigenvalue weighted by Crippen LogP contribution is -2.47. The quantitative estimate of drug-likeness (QED) is 0.366. The molecule has 3 aromatic heterocycles. The van der Waals surface area contributed by atoms with Crippen molar-refractivity contribution in [2.75, 3.05) is 24.2 Å². The standard InChI is InChI=1S/C30H33N5O4S/c1-18-10-22(12-24(11-18)40(4,38)39)30(37)32-15-23-13-27-21(14-31-23)8-9-26(33-27)25-6-5-7-28(34-25)35-16-19(2)29(36)20(3)17-35/h5-14,19-20,29,36H,15-17H2,1-4H3,(H,32,37)/t19-,20+,29?. The summed E-state index contributed by atoms with van der Waals surface area (Å²) in [7, 11) is -3.43. The molecule has 0 bridgehead atoms. The number of amides is 1. The molecule has 4 heterocycles. The van der Waals surface area contributed by atoms with Gasteiger partial charge in [0.15, 0.2) is 9.84 Å². The van der Waals surface area contributed by atoms with Crippen molar-refractivity contribution in [2.24, 2.45) is 11.8 Å². The first-order chi connectivity index (χ1) is 19.0. The van der Waals surface area contributed by atoms with E-state index in [1.54, 1.807) is 25.3 Å². The number of carbonyl (C=O) groups is 1. The number of rotatable bonds is 6. The van der Waals surface area contributed by atoms with Crippen molar-refractivity contribution < 1.29 is 18.3 Å². The summed E-state index contributed by atoms with van der Waals surface area (Å²) in [6, 6.07) is 16.2. The second kappa shape index (κ2) is 10.9. The second-order valence-corrected chi connectivity index (χ2v) is 12.8. The minimum atomic E-state index is -3.43. The predicted molar refractivity (Wildman–Crippen MR) is 155 cm³/mol. The Morgan fingerprint density at radius 1 is 1.02 bits per heavy atom. The summed E-state index contributed by atoms with van der Waals surface area (Å²) in [6.45, 7) is 7.52. The smallest absolute Gasteiger partial charge is 0.251 e. The maximum atomic E-state index is 12.8. The molecular formula is C30H33N5O4S. The van der Waals surface area contributed by atoms with Crippen molar-refractivity contribution in [1.29, 1.82) is 0 Å². The van der Waals surface area contributed by atoms with Crippen LogP contribution in [0.1, 0.15) is 35.5 Å². The van der Waals surface area contributed by atoms with Gasteiger partial charge in [-0.1, -0.05) is 19.9 Å². The number of aryl methyl sites for hydroxylation is 1. The third kappa shape index (κ3) is 5.97. The fourth-order valence-electron chi connectivity index (χ4n) is 5.14. The zero-order valence-corrected chi connectivity index (χ0v) is 23.8. The van der Waals surface area contributed by atoms with E-state index in [1.165, 1.54) is 6.07 Å². The molecule has 40 heavy (non-hydrogen) atoms. The van der Waals surface area contributed by atoms with Crippen LogP contribution >= 0.6 is 0 Å². The first kappa shape index (κ1) is 27.7. The minimum absolute atomic E-state index is 0.109. The maximum Gasteiger partial charge on any atom is 0.251 e. The Morgan fingerprint density at radius 3 is 2.48 bits per heavy atom. The molecule has 0 radical (unpaired) electrons. The lowest BCUT2D eigenvalue weighted by atomic mass is 9.88. The molecular weight excluding hydrogens is 526 g/mol. The van der Waals surface area contributed by atoms with Gasteiger partial charge in [-0.15, -0.1) is 0 Å². The molecule has 3 atom stereocenters. The zero-order chi connectivity index (χ0) is 28.6. The van der Waals surface area contributed by atoms with Crippen LogP contribution in [0.5, 0.6) is 0 Å². The minimum Gasteiger partial charge on any atom is -0.392 e. The Bertz CT molecular complexity index is 1680. The lowest BCUT2D eigenvalue weighted by Gasteiger charge is -2.39. The summed E-state index contributed by atoms with van der Waals surface area (Å²) < 4.78 is 23.9. The highest BCUT2D eigenvalue weighted by atomic mass is 32.2. The molecule has 2 N–H and O–H groups in total. The highest BCUT2D eigenvalue weighted by Crippen LogP contribution is 2.28. The second-order valence-electron chi connectivity index (χ2n) is 10.8. The average Bonchev–Trinajstić information content (AvgIpc) is 2.93. The van der Waals surface area contributed by atoms with Crippen LogP contribution in [0, 0.1) is 18.8 Å². The van der Waals surface area contributed by atoms with E-state index < -0.39 is 9.84 Å². The SMILES string of the molecule is Cc1cc(C(=O)NCc2cc3nc(-c4cccc(N5C[C@@H](C)C(O)[C@@H](C)C5)n4)ccc3cn2)cc(S(C)(=O)=O)c1. The van der Waals surface area contributed by atoms with Gasteiger partial charge in [0.1, 0.15) is 5.82 Å². The van der Waals surface area contributed by atoms with E-state index in [2.05, 4.69) is 29.0 Å². The van der Waals surface area contributed by atoms with E-state index in [4.69, 9.17) is 9.97 Å². The number of aromatic nitrogens is 3. The van der Waals surface area contributed by atoms with Crippen molar-refractivity contribution in [1.82, 2.24) is 20.3 Å². The van der Waals surface area contributed by atoms with Crippen LogP contribution in [0.15, 0.2) is 65.7 Å². The Morgan fingerprint density at radius 2 is 1.75 bits per heavy atom. The van der Waals surface area contributed by atoms with Crippen LogP contribution in [-0.4, -0.2) is 59.8 Å². The van der Waals surface area contributed by atoms with Gasteiger partial charge in [0.05, 0.1) is 40.1 Å². The molecule has 1 fully saturated rings. The van der Waals surface area contributed by atoms with E-state index in [0.29, 0.717) is 11.3 Å². The molecule has 1 unspecified atom stereocenters. The number of hydrogen-bond acceptors (Lipinski definition) is 8. The number of sulfone groups is 1. The number of anilines is 1. The fraction of sp³-hybridized carbons (Fsp3) is 0.333. The molecule has 1 saturated heterocycles. The molecule has 1 aliphatic heterocycles. The molecule has 9 nitrogen and oxygen atoms in total. The number of benzene rings is 1. The Balaban J connectivity index is 1.34. The molecule has 4 aromatic rings. The number of carbonyl (C=O) groups excluding carboxylic acids is 1. The molecule has 208 valence electrons. The zero-order valence-electron chi connectivity index (χ0n) is 23.0. The van der Waals surface area contributed by atoms with Crippen LogP contribution in [0.25, 0.3) is 22.3 Å². The third-order valence-electron chi connectivity index (χ3n) is 7.31. The van der Waals surface area contributed by atoms with Gasteiger partial charge < -0.3 is 15.3 Å². The van der Waals surface area contributed by atoms with Crippen LogP contribution in [0.3, 0.4) is 0 Å². The maximum absolute atomic E-state index is 12.8. The predicted octanol–water partition coefficient (Wildman–Crippen LogP) is 3.79. The average molecular weight is 560 g/mol. The van der Waals surface area contributed by atoms with Gasteiger partial charge in [-0.2, -0.15) is 0 Å². The van der Waals surface area contributed by atoms with Crippen LogP contribution < -0.4 is 10.2 Å². The number of aliphatic hydroxyl groups excluding tert-OH is 1. The molecule has 10 heteroatoms. The van der Waals surface area contributed by atoms with Crippen molar-refractivity contribution in [3.63, 3.8) is 0 Å². The summed E-state index contributed by atoms with van der Waals surface area (Å²) in [4.78, 5) is 29.3. The first-order valence-corrected chi connectivity index (χ1v) is 15.1. The van der Waals surface area contributed by atoms with Gasteiger partial charge in [-0.3, -0.25) is 9.78 Å². The third-order valence-corrected chi connectivity index (χ3v) is 8.40. The van der Waals surface area contributed by atoms with E-state index in [-0.39, 0.29) is 40.9 Å². The normalized spacial score (nSPS) is 19.5. The lowest BCUT2D eigenvalue weighted by molar-refractivity contribution is 0.0527. The molecule has 0 aliphatic carbocycles. The molecule has 1 aliphatic rings. The Kier molecular flexibility index (Phi) is 7.57. The molecule has 0 saturated carbocycles. The topological polar surface area (TPSA) is 125 Å².